The van der Waals surface area contributed by atoms with Gasteiger partial charge in [-0.15, -0.1) is 0 Å². The van der Waals surface area contributed by atoms with Gasteiger partial charge in [0.05, 0.1) is 53.0 Å². The highest BCUT2D eigenvalue weighted by Crippen LogP contribution is 2.41. The van der Waals surface area contributed by atoms with Gasteiger partial charge in [-0.25, -0.2) is 0 Å². The molecule has 0 amide bonds. The first-order valence-corrected chi connectivity index (χ1v) is 14.8. The smallest absolute Gasteiger partial charge is 0.309 e. The molecule has 0 aromatic heterocycles. The predicted molar refractivity (Wildman–Crippen MR) is 158 cm³/mol. The monoisotopic (exact) mass is 692 g/mol. The van der Waals surface area contributed by atoms with E-state index in [4.69, 9.17) is 33.2 Å². The second kappa shape index (κ2) is 17.5. The average molecular weight is 693 g/mol. The van der Waals surface area contributed by atoms with Gasteiger partial charge in [-0.05, 0) is 30.7 Å². The van der Waals surface area contributed by atoms with Crippen molar-refractivity contribution in [3.8, 4) is 17.2 Å². The lowest BCUT2D eigenvalue weighted by Gasteiger charge is -2.43. The molecule has 2 heterocycles. The van der Waals surface area contributed by atoms with E-state index in [1.807, 2.05) is 0 Å². The minimum atomic E-state index is -1.78. The molecule has 0 saturated carbocycles. The van der Waals surface area contributed by atoms with Crippen LogP contribution < -0.4 is 14.2 Å². The van der Waals surface area contributed by atoms with Crippen LogP contribution >= 0.6 is 0 Å². The second-order valence-electron chi connectivity index (χ2n) is 11.3. The Bertz CT molecular complexity index is 1210. The van der Waals surface area contributed by atoms with E-state index in [1.165, 1.54) is 39.4 Å². The maximum absolute atomic E-state index is 12.8. The van der Waals surface area contributed by atoms with E-state index >= 15 is 0 Å². The van der Waals surface area contributed by atoms with Crippen LogP contribution in [-0.4, -0.2) is 161 Å². The molecule has 2 aliphatic rings. The number of carbonyl (C=O) groups excluding carboxylic acids is 2. The lowest BCUT2D eigenvalue weighted by atomic mass is 9.95. The van der Waals surface area contributed by atoms with Gasteiger partial charge in [0.2, 0.25) is 12.0 Å². The summed E-state index contributed by atoms with van der Waals surface area (Å²) in [6.45, 7) is -0.252. The highest BCUT2D eigenvalue weighted by atomic mass is 16.7. The molecule has 8 N–H and O–H groups in total. The van der Waals surface area contributed by atoms with Crippen molar-refractivity contribution in [1.82, 2.24) is 0 Å². The fourth-order valence-electron chi connectivity index (χ4n) is 5.04. The lowest BCUT2D eigenvalue weighted by molar-refractivity contribution is -0.325. The molecule has 2 fully saturated rings. The number of methoxy groups -OCH3 is 3. The Labute approximate surface area is 275 Å². The number of benzene rings is 1. The summed E-state index contributed by atoms with van der Waals surface area (Å²) >= 11 is 0. The van der Waals surface area contributed by atoms with Crippen molar-refractivity contribution in [2.75, 3.05) is 41.2 Å². The molecule has 0 spiro atoms. The Hall–Kier alpha value is -3.14. The molecular formula is C30H44O18. The zero-order chi connectivity index (χ0) is 35.8. The van der Waals surface area contributed by atoms with Crippen molar-refractivity contribution in [2.24, 2.45) is 0 Å². The fourth-order valence-corrected chi connectivity index (χ4v) is 5.04. The van der Waals surface area contributed by atoms with E-state index in [2.05, 4.69) is 4.74 Å². The van der Waals surface area contributed by atoms with Gasteiger partial charge in [0, 0.05) is 0 Å². The summed E-state index contributed by atoms with van der Waals surface area (Å²) in [4.78, 5) is 24.9. The summed E-state index contributed by atoms with van der Waals surface area (Å²) in [6, 6.07) is 3.03. The Morgan fingerprint density at radius 1 is 0.771 bits per heavy atom. The van der Waals surface area contributed by atoms with Crippen LogP contribution in [0, 0.1) is 0 Å². The molecule has 3 rings (SSSR count). The third kappa shape index (κ3) is 9.51. The summed E-state index contributed by atoms with van der Waals surface area (Å²) in [5.41, 5.74) is -1.18. The third-order valence-electron chi connectivity index (χ3n) is 7.73. The number of carbonyl (C=O) groups is 2. The maximum atomic E-state index is 12.8. The number of aliphatic hydroxyl groups excluding tert-OH is 8. The molecule has 18 heteroatoms. The molecule has 2 aliphatic heterocycles. The van der Waals surface area contributed by atoms with E-state index in [9.17, 15) is 50.4 Å². The molecule has 1 aromatic rings. The first-order valence-electron chi connectivity index (χ1n) is 14.8. The van der Waals surface area contributed by atoms with E-state index < -0.39 is 105 Å². The van der Waals surface area contributed by atoms with Crippen LogP contribution in [0.5, 0.6) is 17.2 Å². The van der Waals surface area contributed by atoms with Gasteiger partial charge in [0.15, 0.2) is 17.8 Å². The number of rotatable bonds is 15. The van der Waals surface area contributed by atoms with Crippen molar-refractivity contribution in [2.45, 2.75) is 86.8 Å². The molecular weight excluding hydrogens is 648 g/mol. The van der Waals surface area contributed by atoms with Gasteiger partial charge >= 0.3 is 11.9 Å². The molecule has 0 radical (unpaired) electrons. The molecule has 18 nitrogen and oxygen atoms in total. The Morgan fingerprint density at radius 2 is 1.27 bits per heavy atom. The summed E-state index contributed by atoms with van der Waals surface area (Å²) in [5.74, 6) is -1.37. The van der Waals surface area contributed by atoms with Crippen molar-refractivity contribution in [3.05, 3.63) is 23.8 Å². The van der Waals surface area contributed by atoms with Gasteiger partial charge in [-0.2, -0.15) is 0 Å². The largest absolute Gasteiger partial charge is 0.493 e. The Balaban J connectivity index is 1.68. The van der Waals surface area contributed by atoms with Gasteiger partial charge in [-0.1, -0.05) is 6.08 Å². The summed E-state index contributed by atoms with van der Waals surface area (Å²) < 4.78 is 43.0. The predicted octanol–water partition coefficient (Wildman–Crippen LogP) is -3.03. The first kappa shape index (κ1) is 39.3. The van der Waals surface area contributed by atoms with Gasteiger partial charge in [-0.3, -0.25) is 9.59 Å². The zero-order valence-corrected chi connectivity index (χ0v) is 26.8. The van der Waals surface area contributed by atoms with Crippen LogP contribution in [0.1, 0.15) is 25.3 Å². The number of aliphatic hydroxyl groups is 8. The number of ether oxygens (including phenoxy) is 8. The lowest BCUT2D eigenvalue weighted by Crippen LogP contribution is -2.60. The average Bonchev–Trinajstić information content (AvgIpc) is 3.06. The number of hydrogen-bond acceptors (Lipinski definition) is 18. The Morgan fingerprint density at radius 3 is 1.77 bits per heavy atom. The van der Waals surface area contributed by atoms with Crippen LogP contribution in [0.4, 0.5) is 0 Å². The highest BCUT2D eigenvalue weighted by molar-refractivity contribution is 5.75. The molecule has 1 aromatic carbocycles. The number of esters is 2. The SMILES string of the molecule is COC(=O)CC(C)(CC(=O)OCC=Cc1cc(OC)c(OC2OC(CO)C(O)C(O)C2O)c(OC)c1)OC1OC(CO)C(O)C(O)C1O. The molecule has 48 heavy (non-hydrogen) atoms. The van der Waals surface area contributed by atoms with Crippen LogP contribution in [0.2, 0.25) is 0 Å². The number of hydrogen-bond donors (Lipinski definition) is 8. The molecule has 11 unspecified atom stereocenters. The molecule has 0 aliphatic carbocycles. The minimum Gasteiger partial charge on any atom is -0.493 e. The molecule has 2 saturated heterocycles. The standard InChI is InChI=1S/C30H44O18/c1-30(10-19(33)43-4,48-29-26(40)24(38)22(36)18(13-32)46-29)11-20(34)44-7-5-6-14-8-15(41-2)27(16(9-14)42-3)47-28-25(39)23(37)21(35)17(12-31)45-28/h5-6,8-9,17-18,21-26,28-29,31-32,35-40H,7,10-13H2,1-4H3. The van der Waals surface area contributed by atoms with Crippen molar-refractivity contribution < 1.29 is 88.3 Å². The molecule has 0 bridgehead atoms. The van der Waals surface area contributed by atoms with Crippen molar-refractivity contribution >= 4 is 18.0 Å². The summed E-state index contributed by atoms with van der Waals surface area (Å²) in [7, 11) is 3.79. The summed E-state index contributed by atoms with van der Waals surface area (Å²) in [6.07, 6.45) is -13.7. The van der Waals surface area contributed by atoms with Crippen LogP contribution in [0.15, 0.2) is 18.2 Å². The van der Waals surface area contributed by atoms with Crippen molar-refractivity contribution in [3.63, 3.8) is 0 Å². The van der Waals surface area contributed by atoms with Gasteiger partial charge in [0.25, 0.3) is 0 Å². The second-order valence-corrected chi connectivity index (χ2v) is 11.3. The topological polar surface area (TPSA) is 270 Å². The Kier molecular flexibility index (Phi) is 14.3. The third-order valence-corrected chi connectivity index (χ3v) is 7.73. The van der Waals surface area contributed by atoms with E-state index in [0.29, 0.717) is 5.56 Å². The maximum Gasteiger partial charge on any atom is 0.309 e. The minimum absolute atomic E-state index is 0.0165. The van der Waals surface area contributed by atoms with E-state index in [1.54, 1.807) is 6.08 Å². The van der Waals surface area contributed by atoms with E-state index in [0.717, 1.165) is 7.11 Å². The normalized spacial score (nSPS) is 31.9. The highest BCUT2D eigenvalue weighted by Gasteiger charge is 2.48. The first-order chi connectivity index (χ1) is 22.7. The van der Waals surface area contributed by atoms with Crippen LogP contribution in [0.3, 0.4) is 0 Å². The van der Waals surface area contributed by atoms with Crippen LogP contribution in [-0.2, 0) is 33.3 Å². The fraction of sp³-hybridized carbons (Fsp3) is 0.667. The van der Waals surface area contributed by atoms with Gasteiger partial charge < -0.3 is 78.7 Å². The molecule has 272 valence electrons. The van der Waals surface area contributed by atoms with Crippen LogP contribution in [0.25, 0.3) is 6.08 Å². The molecule has 11 atom stereocenters. The zero-order valence-electron chi connectivity index (χ0n) is 26.8. The van der Waals surface area contributed by atoms with E-state index in [-0.39, 0.29) is 23.9 Å². The quantitative estimate of drug-likeness (QED) is 0.0849. The summed E-state index contributed by atoms with van der Waals surface area (Å²) in [5, 5.41) is 79.9. The van der Waals surface area contributed by atoms with Crippen molar-refractivity contribution in [1.29, 1.82) is 0 Å². The van der Waals surface area contributed by atoms with Gasteiger partial charge in [0.1, 0.15) is 55.4 Å².